The van der Waals surface area contributed by atoms with Crippen molar-refractivity contribution in [3.63, 3.8) is 0 Å². The van der Waals surface area contributed by atoms with Crippen LogP contribution in [0, 0.1) is 0 Å². The third-order valence-electron chi connectivity index (χ3n) is 3.80. The largest absolute Gasteiger partial charge is 0.371 e. The maximum Gasteiger partial charge on any atom is 0.273 e. The molecule has 5 nitrogen and oxygen atoms in total. The number of nitrogens with zero attached hydrogens (tertiary/aromatic N) is 2. The molecule has 20 heavy (non-hydrogen) atoms. The van der Waals surface area contributed by atoms with Crippen LogP contribution in [0.3, 0.4) is 0 Å². The maximum atomic E-state index is 12.5. The molecule has 0 aromatic carbocycles. The minimum Gasteiger partial charge on any atom is -0.371 e. The van der Waals surface area contributed by atoms with Gasteiger partial charge in [-0.3, -0.25) is 4.79 Å². The molecule has 0 bridgehead atoms. The van der Waals surface area contributed by atoms with Crippen LogP contribution in [-0.2, 0) is 4.74 Å². The first-order valence-corrected chi connectivity index (χ1v) is 8.04. The van der Waals surface area contributed by atoms with Gasteiger partial charge in [-0.15, -0.1) is 11.3 Å². The summed E-state index contributed by atoms with van der Waals surface area (Å²) >= 11 is 1.54. The fourth-order valence-corrected chi connectivity index (χ4v) is 3.66. The van der Waals surface area contributed by atoms with Crippen LogP contribution in [0.2, 0.25) is 0 Å². The number of piperazine rings is 1. The van der Waals surface area contributed by atoms with Gasteiger partial charge in [-0.05, 0) is 26.7 Å². The number of nitrogens with one attached hydrogen (secondary N) is 1. The van der Waals surface area contributed by atoms with E-state index in [1.54, 1.807) is 0 Å². The molecule has 2 saturated heterocycles. The number of hydrogen-bond donors (Lipinski definition) is 1. The fourth-order valence-electron chi connectivity index (χ4n) is 2.78. The van der Waals surface area contributed by atoms with Crippen molar-refractivity contribution in [3.8, 4) is 0 Å². The normalized spacial score (nSPS) is 25.9. The molecule has 110 valence electrons. The Bertz CT molecular complexity index is 494. The number of rotatable bonds is 2. The van der Waals surface area contributed by atoms with Crippen molar-refractivity contribution in [1.29, 1.82) is 0 Å². The molecule has 0 radical (unpaired) electrons. The molecule has 0 saturated carbocycles. The van der Waals surface area contributed by atoms with Gasteiger partial charge in [0.25, 0.3) is 5.91 Å². The van der Waals surface area contributed by atoms with Crippen LogP contribution in [0.15, 0.2) is 5.38 Å². The maximum absolute atomic E-state index is 12.5. The minimum atomic E-state index is -0.0265. The zero-order valence-electron chi connectivity index (χ0n) is 12.0. The Labute approximate surface area is 123 Å². The lowest BCUT2D eigenvalue weighted by Gasteiger charge is -2.38. The molecule has 3 heterocycles. The molecule has 0 aliphatic carbocycles. The summed E-state index contributed by atoms with van der Waals surface area (Å²) in [6.45, 7) is 7.34. The van der Waals surface area contributed by atoms with Gasteiger partial charge in [-0.2, -0.15) is 0 Å². The summed E-state index contributed by atoms with van der Waals surface area (Å²) in [4.78, 5) is 18.9. The average Bonchev–Trinajstić information content (AvgIpc) is 3.07. The van der Waals surface area contributed by atoms with Gasteiger partial charge >= 0.3 is 0 Å². The van der Waals surface area contributed by atoms with E-state index in [1.807, 2.05) is 10.3 Å². The summed E-state index contributed by atoms with van der Waals surface area (Å²) in [5, 5.41) is 6.23. The van der Waals surface area contributed by atoms with Crippen molar-refractivity contribution >= 4 is 17.2 Å². The zero-order chi connectivity index (χ0) is 14.2. The van der Waals surface area contributed by atoms with E-state index in [2.05, 4.69) is 24.1 Å². The summed E-state index contributed by atoms with van der Waals surface area (Å²) in [5.74, 6) is 0.0417. The van der Waals surface area contributed by atoms with E-state index in [-0.39, 0.29) is 17.6 Å². The molecular weight excluding hydrogens is 274 g/mol. The third kappa shape index (κ3) is 2.87. The predicted molar refractivity (Wildman–Crippen MR) is 78.0 cm³/mol. The molecule has 1 N–H and O–H groups in total. The summed E-state index contributed by atoms with van der Waals surface area (Å²) in [7, 11) is 0. The van der Waals surface area contributed by atoms with Gasteiger partial charge < -0.3 is 15.0 Å². The Hall–Kier alpha value is -0.980. The SMILES string of the molecule is CC1(C)CN(C(=O)c2csc(C3CCCO3)n2)CCN1. The Balaban J connectivity index is 1.70. The zero-order valence-corrected chi connectivity index (χ0v) is 12.8. The van der Waals surface area contributed by atoms with E-state index >= 15 is 0 Å². The summed E-state index contributed by atoms with van der Waals surface area (Å²) < 4.78 is 5.62. The molecule has 0 spiro atoms. The van der Waals surface area contributed by atoms with Crippen LogP contribution in [0.1, 0.15) is 48.3 Å². The number of aromatic nitrogens is 1. The van der Waals surface area contributed by atoms with Gasteiger partial charge in [-0.1, -0.05) is 0 Å². The molecule has 1 amide bonds. The fraction of sp³-hybridized carbons (Fsp3) is 0.714. The van der Waals surface area contributed by atoms with Crippen molar-refractivity contribution in [2.45, 2.75) is 38.3 Å². The van der Waals surface area contributed by atoms with Crippen molar-refractivity contribution in [2.24, 2.45) is 0 Å². The highest BCUT2D eigenvalue weighted by Crippen LogP contribution is 2.30. The van der Waals surface area contributed by atoms with E-state index < -0.39 is 0 Å². The quantitative estimate of drug-likeness (QED) is 0.904. The summed E-state index contributed by atoms with van der Waals surface area (Å²) in [5.41, 5.74) is 0.541. The lowest BCUT2D eigenvalue weighted by atomic mass is 10.0. The van der Waals surface area contributed by atoms with Crippen LogP contribution >= 0.6 is 11.3 Å². The van der Waals surface area contributed by atoms with Gasteiger partial charge in [0.05, 0.1) is 0 Å². The van der Waals surface area contributed by atoms with Gasteiger partial charge in [0, 0.05) is 37.2 Å². The predicted octanol–water partition coefficient (Wildman–Crippen LogP) is 1.82. The first-order valence-electron chi connectivity index (χ1n) is 7.16. The molecule has 2 fully saturated rings. The Morgan fingerprint density at radius 2 is 2.45 bits per heavy atom. The van der Waals surface area contributed by atoms with Crippen molar-refractivity contribution in [3.05, 3.63) is 16.1 Å². The number of amides is 1. The van der Waals surface area contributed by atoms with Gasteiger partial charge in [-0.25, -0.2) is 4.98 Å². The van der Waals surface area contributed by atoms with Crippen LogP contribution in [-0.4, -0.2) is 47.6 Å². The molecule has 1 aromatic rings. The third-order valence-corrected chi connectivity index (χ3v) is 4.74. The van der Waals surface area contributed by atoms with Gasteiger partial charge in [0.2, 0.25) is 0 Å². The molecule has 1 aromatic heterocycles. The molecule has 2 aliphatic heterocycles. The second kappa shape index (κ2) is 5.42. The molecule has 3 rings (SSSR count). The monoisotopic (exact) mass is 295 g/mol. The number of ether oxygens (including phenoxy) is 1. The smallest absolute Gasteiger partial charge is 0.273 e. The summed E-state index contributed by atoms with van der Waals surface area (Å²) in [6.07, 6.45) is 2.20. The second-order valence-electron chi connectivity index (χ2n) is 6.11. The van der Waals surface area contributed by atoms with Crippen LogP contribution < -0.4 is 5.32 Å². The van der Waals surface area contributed by atoms with E-state index in [1.165, 1.54) is 11.3 Å². The number of hydrogen-bond acceptors (Lipinski definition) is 5. The number of thiazole rings is 1. The number of carbonyl (C=O) groups is 1. The van der Waals surface area contributed by atoms with Crippen LogP contribution in [0.4, 0.5) is 0 Å². The van der Waals surface area contributed by atoms with E-state index in [9.17, 15) is 4.79 Å². The molecule has 2 aliphatic rings. The molecular formula is C14H21N3O2S. The first-order chi connectivity index (χ1) is 9.55. The minimum absolute atomic E-state index is 0.0265. The van der Waals surface area contributed by atoms with Gasteiger partial charge in [0.15, 0.2) is 0 Å². The van der Waals surface area contributed by atoms with Crippen LogP contribution in [0.25, 0.3) is 0 Å². The Morgan fingerprint density at radius 3 is 3.15 bits per heavy atom. The highest BCUT2D eigenvalue weighted by molar-refractivity contribution is 7.09. The van der Waals surface area contributed by atoms with E-state index in [4.69, 9.17) is 4.74 Å². The second-order valence-corrected chi connectivity index (χ2v) is 7.00. The standard InChI is InChI=1S/C14H21N3O2S/c1-14(2)9-17(6-5-15-14)13(18)10-8-20-12(16-10)11-4-3-7-19-11/h8,11,15H,3-7,9H2,1-2H3. The topological polar surface area (TPSA) is 54.5 Å². The number of carbonyl (C=O) groups excluding carboxylic acids is 1. The van der Waals surface area contributed by atoms with E-state index in [0.29, 0.717) is 5.69 Å². The average molecular weight is 295 g/mol. The van der Waals surface area contributed by atoms with Crippen molar-refractivity contribution < 1.29 is 9.53 Å². The Morgan fingerprint density at radius 1 is 1.60 bits per heavy atom. The molecule has 6 heteroatoms. The first kappa shape index (κ1) is 14.0. The Kier molecular flexibility index (Phi) is 3.79. The molecule has 1 atom stereocenters. The lowest BCUT2D eigenvalue weighted by Crippen LogP contribution is -2.58. The highest BCUT2D eigenvalue weighted by atomic mass is 32.1. The van der Waals surface area contributed by atoms with Crippen molar-refractivity contribution in [1.82, 2.24) is 15.2 Å². The lowest BCUT2D eigenvalue weighted by molar-refractivity contribution is 0.0645. The van der Waals surface area contributed by atoms with Gasteiger partial charge in [0.1, 0.15) is 16.8 Å². The van der Waals surface area contributed by atoms with Crippen molar-refractivity contribution in [2.75, 3.05) is 26.2 Å². The summed E-state index contributed by atoms with van der Waals surface area (Å²) in [6, 6.07) is 0. The molecule has 1 unspecified atom stereocenters. The van der Waals surface area contributed by atoms with E-state index in [0.717, 1.165) is 44.1 Å². The van der Waals surface area contributed by atoms with Crippen LogP contribution in [0.5, 0.6) is 0 Å². The highest BCUT2D eigenvalue weighted by Gasteiger charge is 2.30.